The molecule has 0 aliphatic carbocycles. The molecule has 9 heteroatoms. The molecule has 2 aromatic rings. The Balaban J connectivity index is 2.39. The van der Waals surface area contributed by atoms with Gasteiger partial charge in [-0.2, -0.15) is 0 Å². The number of aromatic nitrogens is 2. The lowest BCUT2D eigenvalue weighted by molar-refractivity contribution is -0.385. The standard InChI is InChI=1S/C17H22N4O3S2/c1-5-20-14(10-24-17(25)18-4)19-15(11(2)3)16(20)26-13-8-6-7-12(9-13)21(22)23/h6-9,11H,5,10H2,1-4H3,(H,18,25). The van der Waals surface area contributed by atoms with Gasteiger partial charge in [0.1, 0.15) is 17.5 Å². The van der Waals surface area contributed by atoms with Crippen LogP contribution in [0, 0.1) is 10.1 Å². The minimum atomic E-state index is -0.386. The number of nitro groups is 1. The molecule has 140 valence electrons. The molecule has 26 heavy (non-hydrogen) atoms. The average Bonchev–Trinajstić information content (AvgIpc) is 2.97. The summed E-state index contributed by atoms with van der Waals surface area (Å²) in [5.41, 5.74) is 1.02. The lowest BCUT2D eigenvalue weighted by atomic mass is 10.1. The lowest BCUT2D eigenvalue weighted by Crippen LogP contribution is -2.19. The van der Waals surface area contributed by atoms with Crippen LogP contribution in [-0.4, -0.2) is 26.7 Å². The molecule has 1 aromatic carbocycles. The highest BCUT2D eigenvalue weighted by Crippen LogP contribution is 2.36. The number of rotatable bonds is 7. The van der Waals surface area contributed by atoms with Gasteiger partial charge in [0.2, 0.25) is 0 Å². The van der Waals surface area contributed by atoms with Crippen LogP contribution in [-0.2, 0) is 17.9 Å². The van der Waals surface area contributed by atoms with Crippen LogP contribution in [0.3, 0.4) is 0 Å². The van der Waals surface area contributed by atoms with Gasteiger partial charge in [0.05, 0.1) is 10.6 Å². The number of nitrogens with zero attached hydrogens (tertiary/aromatic N) is 3. The summed E-state index contributed by atoms with van der Waals surface area (Å²) >= 11 is 6.51. The fourth-order valence-corrected chi connectivity index (χ4v) is 3.74. The van der Waals surface area contributed by atoms with Crippen LogP contribution < -0.4 is 5.32 Å². The van der Waals surface area contributed by atoms with E-state index >= 15 is 0 Å². The Bertz CT molecular complexity index is 805. The van der Waals surface area contributed by atoms with Gasteiger partial charge in [0.25, 0.3) is 10.9 Å². The Morgan fingerprint density at radius 2 is 2.23 bits per heavy atom. The van der Waals surface area contributed by atoms with E-state index in [0.717, 1.165) is 21.4 Å². The van der Waals surface area contributed by atoms with Crippen molar-refractivity contribution in [1.29, 1.82) is 0 Å². The van der Waals surface area contributed by atoms with Crippen molar-refractivity contribution in [3.8, 4) is 0 Å². The molecule has 0 amide bonds. The minimum absolute atomic E-state index is 0.0755. The van der Waals surface area contributed by atoms with E-state index in [0.29, 0.717) is 11.7 Å². The molecule has 2 rings (SSSR count). The van der Waals surface area contributed by atoms with Gasteiger partial charge in [-0.25, -0.2) is 4.98 Å². The van der Waals surface area contributed by atoms with Crippen LogP contribution in [0.5, 0.6) is 0 Å². The molecule has 0 bridgehead atoms. The molecule has 0 aliphatic rings. The predicted molar refractivity (Wildman–Crippen MR) is 106 cm³/mol. The van der Waals surface area contributed by atoms with Crippen molar-refractivity contribution < 1.29 is 9.66 Å². The highest BCUT2D eigenvalue weighted by atomic mass is 32.2. The van der Waals surface area contributed by atoms with Crippen molar-refractivity contribution in [2.24, 2.45) is 0 Å². The first-order chi connectivity index (χ1) is 12.4. The van der Waals surface area contributed by atoms with Crippen molar-refractivity contribution in [2.45, 2.75) is 49.8 Å². The Kier molecular flexibility index (Phi) is 6.98. The smallest absolute Gasteiger partial charge is 0.270 e. The Morgan fingerprint density at radius 1 is 1.50 bits per heavy atom. The summed E-state index contributed by atoms with van der Waals surface area (Å²) in [5, 5.41) is 15.1. The minimum Gasteiger partial charge on any atom is -0.463 e. The normalized spacial score (nSPS) is 10.8. The number of hydrogen-bond acceptors (Lipinski definition) is 6. The summed E-state index contributed by atoms with van der Waals surface area (Å²) in [5.74, 6) is 0.987. The molecule has 1 aromatic heterocycles. The van der Waals surface area contributed by atoms with Gasteiger partial charge in [-0.05, 0) is 31.1 Å². The third-order valence-electron chi connectivity index (χ3n) is 3.67. The average molecular weight is 395 g/mol. The number of benzene rings is 1. The van der Waals surface area contributed by atoms with Crippen molar-refractivity contribution in [1.82, 2.24) is 14.9 Å². The summed E-state index contributed by atoms with van der Waals surface area (Å²) < 4.78 is 7.57. The van der Waals surface area contributed by atoms with E-state index in [9.17, 15) is 10.1 Å². The predicted octanol–water partition coefficient (Wildman–Crippen LogP) is 4.11. The molecule has 1 N–H and O–H groups in total. The highest BCUT2D eigenvalue weighted by molar-refractivity contribution is 7.99. The van der Waals surface area contributed by atoms with E-state index < -0.39 is 0 Å². The molecule has 0 fully saturated rings. The summed E-state index contributed by atoms with van der Waals surface area (Å²) in [6.45, 7) is 7.15. The largest absolute Gasteiger partial charge is 0.463 e. The van der Waals surface area contributed by atoms with Crippen LogP contribution in [0.15, 0.2) is 34.2 Å². The second-order valence-electron chi connectivity index (χ2n) is 5.80. The molecule has 1 heterocycles. The van der Waals surface area contributed by atoms with E-state index in [1.54, 1.807) is 19.2 Å². The highest BCUT2D eigenvalue weighted by Gasteiger charge is 2.21. The van der Waals surface area contributed by atoms with Gasteiger partial charge < -0.3 is 14.6 Å². The van der Waals surface area contributed by atoms with Crippen LogP contribution in [0.25, 0.3) is 0 Å². The van der Waals surface area contributed by atoms with Gasteiger partial charge in [-0.3, -0.25) is 10.1 Å². The van der Waals surface area contributed by atoms with Gasteiger partial charge in [0, 0.05) is 30.6 Å². The number of nitro benzene ring substituents is 1. The Labute approximate surface area is 162 Å². The fourth-order valence-electron chi connectivity index (χ4n) is 2.40. The molecule has 0 spiro atoms. The number of imidazole rings is 1. The maximum atomic E-state index is 11.0. The van der Waals surface area contributed by atoms with Crippen LogP contribution in [0.1, 0.15) is 38.2 Å². The second-order valence-corrected chi connectivity index (χ2v) is 7.23. The third kappa shape index (κ3) is 4.73. The van der Waals surface area contributed by atoms with E-state index in [2.05, 4.69) is 23.7 Å². The number of ether oxygens (including phenoxy) is 1. The number of thiocarbonyl (C=S) groups is 1. The van der Waals surface area contributed by atoms with E-state index in [-0.39, 0.29) is 23.1 Å². The Morgan fingerprint density at radius 3 is 2.81 bits per heavy atom. The molecule has 0 radical (unpaired) electrons. The van der Waals surface area contributed by atoms with Crippen molar-refractivity contribution >= 4 is 34.8 Å². The van der Waals surface area contributed by atoms with Gasteiger partial charge in [0.15, 0.2) is 0 Å². The van der Waals surface area contributed by atoms with Crippen LogP contribution in [0.2, 0.25) is 0 Å². The third-order valence-corrected chi connectivity index (χ3v) is 5.10. The zero-order chi connectivity index (χ0) is 19.3. The quantitative estimate of drug-likeness (QED) is 0.430. The van der Waals surface area contributed by atoms with Gasteiger partial charge in [-0.15, -0.1) is 0 Å². The first-order valence-corrected chi connectivity index (χ1v) is 9.45. The Hall–Kier alpha value is -2.13. The second kappa shape index (κ2) is 9.00. The van der Waals surface area contributed by atoms with Crippen molar-refractivity contribution in [2.75, 3.05) is 7.05 Å². The number of non-ortho nitro benzene ring substituents is 1. The monoisotopic (exact) mass is 394 g/mol. The van der Waals surface area contributed by atoms with E-state index in [4.69, 9.17) is 21.9 Å². The summed E-state index contributed by atoms with van der Waals surface area (Å²) in [6, 6.07) is 6.62. The number of nitrogens with one attached hydrogen (secondary N) is 1. The zero-order valence-electron chi connectivity index (χ0n) is 15.2. The first kappa shape index (κ1) is 20.2. The molecule has 0 aliphatic heterocycles. The molecule has 0 saturated carbocycles. The summed E-state index contributed by atoms with van der Waals surface area (Å²) in [4.78, 5) is 16.2. The van der Waals surface area contributed by atoms with E-state index in [1.807, 2.05) is 13.0 Å². The SMILES string of the molecule is CCn1c(COC(=S)NC)nc(C(C)C)c1Sc1cccc([N+](=O)[O-])c1. The van der Waals surface area contributed by atoms with Gasteiger partial charge in [-0.1, -0.05) is 31.7 Å². The summed E-state index contributed by atoms with van der Waals surface area (Å²) in [7, 11) is 1.71. The molecular weight excluding hydrogens is 372 g/mol. The molecular formula is C17H22N4O3S2. The maximum absolute atomic E-state index is 11.0. The van der Waals surface area contributed by atoms with Gasteiger partial charge >= 0.3 is 0 Å². The zero-order valence-corrected chi connectivity index (χ0v) is 16.8. The first-order valence-electron chi connectivity index (χ1n) is 8.23. The van der Waals surface area contributed by atoms with Crippen molar-refractivity contribution in [3.05, 3.63) is 45.9 Å². The van der Waals surface area contributed by atoms with Crippen LogP contribution in [0.4, 0.5) is 5.69 Å². The van der Waals surface area contributed by atoms with Crippen molar-refractivity contribution in [3.63, 3.8) is 0 Å². The maximum Gasteiger partial charge on any atom is 0.270 e. The summed E-state index contributed by atoms with van der Waals surface area (Å²) in [6.07, 6.45) is 0. The lowest BCUT2D eigenvalue weighted by Gasteiger charge is -2.12. The topological polar surface area (TPSA) is 82.2 Å². The molecule has 0 atom stereocenters. The van der Waals surface area contributed by atoms with E-state index in [1.165, 1.54) is 17.8 Å². The molecule has 7 nitrogen and oxygen atoms in total. The number of hydrogen-bond donors (Lipinski definition) is 1. The molecule has 0 saturated heterocycles. The molecule has 0 unspecified atom stereocenters. The van der Waals surface area contributed by atoms with Crippen LogP contribution >= 0.6 is 24.0 Å². The fraction of sp³-hybridized carbons (Fsp3) is 0.412.